The Labute approximate surface area is 99.3 Å². The van der Waals surface area contributed by atoms with Gasteiger partial charge in [0.15, 0.2) is 0 Å². The van der Waals surface area contributed by atoms with Gasteiger partial charge in [0.25, 0.3) is 0 Å². The molecule has 1 aromatic rings. The maximum atomic E-state index is 10.6. The van der Waals surface area contributed by atoms with Crippen LogP contribution in [0.3, 0.4) is 0 Å². The standard InChI is InChI=1S/C11H15ClN2O2/c1-3-4-5-9-13-8(10(12)14-9)6-7(2)11(15)16/h6H,3-5H2,1-2H3,(H,13,14)(H,15,16)/b7-6+. The van der Waals surface area contributed by atoms with Crippen molar-refractivity contribution in [3.63, 3.8) is 0 Å². The Morgan fingerprint density at radius 3 is 2.88 bits per heavy atom. The van der Waals surface area contributed by atoms with Crippen LogP contribution in [0.5, 0.6) is 0 Å². The first-order valence-electron chi connectivity index (χ1n) is 5.20. The number of H-pyrrole nitrogens is 1. The molecule has 2 N–H and O–H groups in total. The van der Waals surface area contributed by atoms with Crippen molar-refractivity contribution < 1.29 is 9.90 Å². The van der Waals surface area contributed by atoms with Crippen LogP contribution in [0, 0.1) is 0 Å². The van der Waals surface area contributed by atoms with Crippen molar-refractivity contribution >= 4 is 23.6 Å². The highest BCUT2D eigenvalue weighted by molar-refractivity contribution is 6.30. The minimum atomic E-state index is -0.964. The van der Waals surface area contributed by atoms with Gasteiger partial charge in [-0.15, -0.1) is 0 Å². The van der Waals surface area contributed by atoms with Crippen LogP contribution >= 0.6 is 11.6 Å². The first kappa shape index (κ1) is 12.8. The van der Waals surface area contributed by atoms with E-state index in [1.54, 1.807) is 0 Å². The summed E-state index contributed by atoms with van der Waals surface area (Å²) in [5.74, 6) is -0.162. The number of aryl methyl sites for hydroxylation is 1. The van der Waals surface area contributed by atoms with E-state index in [0.29, 0.717) is 10.8 Å². The first-order valence-corrected chi connectivity index (χ1v) is 5.58. The molecule has 0 amide bonds. The van der Waals surface area contributed by atoms with E-state index in [1.807, 2.05) is 0 Å². The second kappa shape index (κ2) is 5.70. The Bertz CT molecular complexity index is 410. The molecule has 5 heteroatoms. The van der Waals surface area contributed by atoms with E-state index < -0.39 is 5.97 Å². The van der Waals surface area contributed by atoms with Crippen LogP contribution in [0.15, 0.2) is 5.57 Å². The number of nitrogens with zero attached hydrogens (tertiary/aromatic N) is 1. The van der Waals surface area contributed by atoms with Crippen molar-refractivity contribution in [2.75, 3.05) is 0 Å². The molecule has 0 fully saturated rings. The van der Waals surface area contributed by atoms with E-state index in [0.717, 1.165) is 25.1 Å². The maximum Gasteiger partial charge on any atom is 0.331 e. The van der Waals surface area contributed by atoms with Crippen molar-refractivity contribution in [1.82, 2.24) is 9.97 Å². The summed E-state index contributed by atoms with van der Waals surface area (Å²) in [6, 6.07) is 0. The van der Waals surface area contributed by atoms with Gasteiger partial charge in [-0.2, -0.15) is 0 Å². The lowest BCUT2D eigenvalue weighted by atomic mass is 10.2. The third-order valence-corrected chi connectivity index (χ3v) is 2.48. The minimum absolute atomic E-state index is 0.218. The molecule has 0 spiro atoms. The lowest BCUT2D eigenvalue weighted by molar-refractivity contribution is -0.132. The number of rotatable bonds is 5. The van der Waals surface area contributed by atoms with Crippen molar-refractivity contribution in [3.8, 4) is 0 Å². The van der Waals surface area contributed by atoms with Crippen LogP contribution < -0.4 is 0 Å². The maximum absolute atomic E-state index is 10.6. The third-order valence-electron chi connectivity index (χ3n) is 2.19. The predicted molar refractivity (Wildman–Crippen MR) is 63.5 cm³/mol. The summed E-state index contributed by atoms with van der Waals surface area (Å²) in [5, 5.41) is 9.13. The summed E-state index contributed by atoms with van der Waals surface area (Å²) in [7, 11) is 0. The Morgan fingerprint density at radius 2 is 2.31 bits per heavy atom. The van der Waals surface area contributed by atoms with E-state index in [9.17, 15) is 4.79 Å². The lowest BCUT2D eigenvalue weighted by Crippen LogP contribution is -1.95. The predicted octanol–water partition coefficient (Wildman–Crippen LogP) is 2.89. The number of unbranched alkanes of at least 4 members (excludes halogenated alkanes) is 1. The molecule has 88 valence electrons. The smallest absolute Gasteiger partial charge is 0.331 e. The summed E-state index contributed by atoms with van der Waals surface area (Å²) in [4.78, 5) is 17.8. The average molecular weight is 243 g/mol. The van der Waals surface area contributed by atoms with Gasteiger partial charge >= 0.3 is 5.97 Å². The van der Waals surface area contributed by atoms with Crippen molar-refractivity contribution in [1.29, 1.82) is 0 Å². The van der Waals surface area contributed by atoms with Crippen LogP contribution in [0.4, 0.5) is 0 Å². The van der Waals surface area contributed by atoms with Crippen LogP contribution in [-0.4, -0.2) is 21.0 Å². The summed E-state index contributed by atoms with van der Waals surface area (Å²) < 4.78 is 0. The fraction of sp³-hybridized carbons (Fsp3) is 0.455. The zero-order valence-electron chi connectivity index (χ0n) is 9.38. The van der Waals surface area contributed by atoms with E-state index in [1.165, 1.54) is 13.0 Å². The molecule has 4 nitrogen and oxygen atoms in total. The van der Waals surface area contributed by atoms with Crippen molar-refractivity contribution in [3.05, 3.63) is 22.2 Å². The number of hydrogen-bond donors (Lipinski definition) is 2. The van der Waals surface area contributed by atoms with Gasteiger partial charge < -0.3 is 10.1 Å². The summed E-state index contributed by atoms with van der Waals surface area (Å²) in [6.45, 7) is 3.61. The van der Waals surface area contributed by atoms with Gasteiger partial charge in [0, 0.05) is 12.0 Å². The molecule has 0 aliphatic rings. The molecule has 0 aliphatic heterocycles. The first-order chi connectivity index (χ1) is 7.54. The monoisotopic (exact) mass is 242 g/mol. The molecule has 0 unspecified atom stereocenters. The zero-order chi connectivity index (χ0) is 12.1. The highest BCUT2D eigenvalue weighted by atomic mass is 35.5. The number of imidazole rings is 1. The fourth-order valence-corrected chi connectivity index (χ4v) is 1.44. The number of carboxylic acids is 1. The van der Waals surface area contributed by atoms with Crippen molar-refractivity contribution in [2.24, 2.45) is 0 Å². The normalized spacial score (nSPS) is 11.8. The molecular weight excluding hydrogens is 228 g/mol. The number of halogens is 1. The average Bonchev–Trinajstić information content (AvgIpc) is 2.56. The van der Waals surface area contributed by atoms with Gasteiger partial charge in [-0.1, -0.05) is 24.9 Å². The molecule has 16 heavy (non-hydrogen) atoms. The number of aromatic nitrogens is 2. The highest BCUT2D eigenvalue weighted by Crippen LogP contribution is 2.17. The Morgan fingerprint density at radius 1 is 1.62 bits per heavy atom. The molecular formula is C11H15ClN2O2. The van der Waals surface area contributed by atoms with E-state index in [4.69, 9.17) is 16.7 Å². The molecule has 1 heterocycles. The zero-order valence-corrected chi connectivity index (χ0v) is 10.1. The highest BCUT2D eigenvalue weighted by Gasteiger charge is 2.08. The van der Waals surface area contributed by atoms with Crippen LogP contribution in [0.1, 0.15) is 38.2 Å². The Balaban J connectivity index is 2.85. The van der Waals surface area contributed by atoms with Crippen molar-refractivity contribution in [2.45, 2.75) is 33.1 Å². The number of aliphatic carboxylic acids is 1. The van der Waals surface area contributed by atoms with Crippen LogP contribution in [0.2, 0.25) is 5.15 Å². The molecule has 1 aromatic heterocycles. The van der Waals surface area contributed by atoms with Gasteiger partial charge in [0.2, 0.25) is 0 Å². The van der Waals surface area contributed by atoms with E-state index in [2.05, 4.69) is 16.9 Å². The summed E-state index contributed by atoms with van der Waals surface area (Å²) in [5.41, 5.74) is 0.711. The topological polar surface area (TPSA) is 66.0 Å². The molecule has 0 bridgehead atoms. The van der Waals surface area contributed by atoms with Crippen LogP contribution in [-0.2, 0) is 11.2 Å². The molecule has 0 aliphatic carbocycles. The molecule has 0 saturated carbocycles. The number of nitrogens with one attached hydrogen (secondary N) is 1. The summed E-state index contributed by atoms with van der Waals surface area (Å²) >= 11 is 5.92. The van der Waals surface area contributed by atoms with E-state index >= 15 is 0 Å². The van der Waals surface area contributed by atoms with Gasteiger partial charge in [-0.25, -0.2) is 9.78 Å². The second-order valence-corrected chi connectivity index (χ2v) is 4.00. The SMILES string of the molecule is CCCCc1nc(/C=C(\C)C(=O)O)c(Cl)[nH]1. The van der Waals surface area contributed by atoms with Gasteiger partial charge in [0.05, 0.1) is 0 Å². The third kappa shape index (κ3) is 3.38. The fourth-order valence-electron chi connectivity index (χ4n) is 1.24. The minimum Gasteiger partial charge on any atom is -0.478 e. The molecule has 0 atom stereocenters. The number of carboxylic acid groups (broad SMARTS) is 1. The molecule has 1 rings (SSSR count). The van der Waals surface area contributed by atoms with Gasteiger partial charge in [-0.3, -0.25) is 0 Å². The number of hydrogen-bond acceptors (Lipinski definition) is 2. The Hall–Kier alpha value is -1.29. The van der Waals surface area contributed by atoms with Gasteiger partial charge in [0.1, 0.15) is 16.7 Å². The molecule has 0 aromatic carbocycles. The number of carbonyl (C=O) groups is 1. The van der Waals surface area contributed by atoms with Crippen LogP contribution in [0.25, 0.3) is 6.08 Å². The Kier molecular flexibility index (Phi) is 4.55. The quantitative estimate of drug-likeness (QED) is 0.781. The summed E-state index contributed by atoms with van der Waals surface area (Å²) in [6.07, 6.45) is 4.41. The van der Waals surface area contributed by atoms with Gasteiger partial charge in [-0.05, 0) is 19.4 Å². The lowest BCUT2D eigenvalue weighted by Gasteiger charge is -1.92. The second-order valence-electron chi connectivity index (χ2n) is 3.62. The van der Waals surface area contributed by atoms with E-state index in [-0.39, 0.29) is 5.57 Å². The molecule has 0 saturated heterocycles. The molecule has 0 radical (unpaired) electrons. The largest absolute Gasteiger partial charge is 0.478 e. The number of aromatic amines is 1.